The standard InChI is InChI=1S/C36H21F6N/c37-25-7-16-31(34(40)19-25)22-1-10-28(11-2-22)43(29-12-3-23(4-13-29)32-17-8-26(38)20-35(32)41)30-14-5-24(6-15-30)33-18-9-27(39)21-36(33)42/h1-21H. The van der Waals surface area contributed by atoms with Crippen molar-refractivity contribution in [3.05, 3.63) is 162 Å². The van der Waals surface area contributed by atoms with Crippen LogP contribution in [0.25, 0.3) is 33.4 Å². The van der Waals surface area contributed by atoms with Gasteiger partial charge in [0.2, 0.25) is 0 Å². The van der Waals surface area contributed by atoms with Crippen LogP contribution in [0.15, 0.2) is 127 Å². The number of rotatable bonds is 6. The van der Waals surface area contributed by atoms with Crippen molar-refractivity contribution in [1.82, 2.24) is 0 Å². The van der Waals surface area contributed by atoms with Crippen molar-refractivity contribution in [2.24, 2.45) is 0 Å². The van der Waals surface area contributed by atoms with Gasteiger partial charge < -0.3 is 4.90 Å². The molecule has 0 aliphatic rings. The molecule has 43 heavy (non-hydrogen) atoms. The molecule has 0 unspecified atom stereocenters. The van der Waals surface area contributed by atoms with E-state index in [1.165, 1.54) is 36.4 Å². The molecule has 0 amide bonds. The summed E-state index contributed by atoms with van der Waals surface area (Å²) in [6.45, 7) is 0. The molecule has 0 fully saturated rings. The summed E-state index contributed by atoms with van der Waals surface area (Å²) in [4.78, 5) is 1.89. The molecule has 0 bridgehead atoms. The molecule has 0 aromatic heterocycles. The zero-order valence-electron chi connectivity index (χ0n) is 22.3. The maximum atomic E-state index is 14.4. The molecular formula is C36H21F6N. The van der Waals surface area contributed by atoms with Gasteiger partial charge in [-0.2, -0.15) is 0 Å². The van der Waals surface area contributed by atoms with Gasteiger partial charge in [0, 0.05) is 52.0 Å². The molecule has 6 aromatic carbocycles. The van der Waals surface area contributed by atoms with Crippen molar-refractivity contribution >= 4 is 17.1 Å². The number of nitrogens with zero attached hydrogens (tertiary/aromatic N) is 1. The summed E-state index contributed by atoms with van der Waals surface area (Å²) in [5, 5.41) is 0. The third-order valence-corrected chi connectivity index (χ3v) is 7.10. The normalized spacial score (nSPS) is 11.0. The molecule has 0 saturated carbocycles. The highest BCUT2D eigenvalue weighted by molar-refractivity contribution is 5.81. The minimum Gasteiger partial charge on any atom is -0.311 e. The van der Waals surface area contributed by atoms with Crippen molar-refractivity contribution in [2.75, 3.05) is 4.90 Å². The molecule has 0 saturated heterocycles. The Kier molecular flexibility index (Phi) is 7.47. The topological polar surface area (TPSA) is 3.24 Å². The van der Waals surface area contributed by atoms with E-state index in [9.17, 15) is 26.3 Å². The quantitative estimate of drug-likeness (QED) is 0.177. The Bertz CT molecular complexity index is 1690. The Hall–Kier alpha value is -5.30. The molecular weight excluding hydrogens is 560 g/mol. The number of anilines is 3. The lowest BCUT2D eigenvalue weighted by Crippen LogP contribution is -2.10. The fourth-order valence-electron chi connectivity index (χ4n) is 4.99. The first-order valence-electron chi connectivity index (χ1n) is 13.2. The second-order valence-corrected chi connectivity index (χ2v) is 9.85. The van der Waals surface area contributed by atoms with Gasteiger partial charge in [-0.15, -0.1) is 0 Å². The molecule has 1 nitrogen and oxygen atoms in total. The Morgan fingerprint density at radius 3 is 0.791 bits per heavy atom. The van der Waals surface area contributed by atoms with Crippen LogP contribution < -0.4 is 4.90 Å². The largest absolute Gasteiger partial charge is 0.311 e. The molecule has 0 radical (unpaired) electrons. The number of benzene rings is 6. The van der Waals surface area contributed by atoms with E-state index in [1.54, 1.807) is 72.8 Å². The van der Waals surface area contributed by atoms with Crippen molar-refractivity contribution in [3.63, 3.8) is 0 Å². The number of hydrogen-bond acceptors (Lipinski definition) is 1. The Balaban J connectivity index is 1.40. The van der Waals surface area contributed by atoms with Gasteiger partial charge in [-0.05, 0) is 89.5 Å². The van der Waals surface area contributed by atoms with E-state index in [4.69, 9.17) is 0 Å². The maximum absolute atomic E-state index is 14.4. The smallest absolute Gasteiger partial charge is 0.133 e. The van der Waals surface area contributed by atoms with E-state index in [0.717, 1.165) is 18.2 Å². The van der Waals surface area contributed by atoms with Crippen LogP contribution in [0.5, 0.6) is 0 Å². The van der Waals surface area contributed by atoms with E-state index < -0.39 is 34.9 Å². The lowest BCUT2D eigenvalue weighted by atomic mass is 10.0. The van der Waals surface area contributed by atoms with E-state index >= 15 is 0 Å². The summed E-state index contributed by atoms with van der Waals surface area (Å²) < 4.78 is 83.6. The van der Waals surface area contributed by atoms with Crippen LogP contribution in [0.3, 0.4) is 0 Å². The minimum absolute atomic E-state index is 0.246. The third-order valence-electron chi connectivity index (χ3n) is 7.10. The summed E-state index contributed by atoms with van der Waals surface area (Å²) in [6.07, 6.45) is 0. The van der Waals surface area contributed by atoms with Crippen molar-refractivity contribution in [2.45, 2.75) is 0 Å². The number of halogens is 6. The predicted octanol–water partition coefficient (Wildman–Crippen LogP) is 11.0. The first-order chi connectivity index (χ1) is 20.8. The van der Waals surface area contributed by atoms with Crippen LogP contribution in [0.1, 0.15) is 0 Å². The summed E-state index contributed by atoms with van der Waals surface area (Å²) in [6, 6.07) is 31.1. The minimum atomic E-state index is -0.683. The third kappa shape index (κ3) is 5.75. The molecule has 0 aliphatic heterocycles. The SMILES string of the molecule is Fc1ccc(-c2ccc(N(c3ccc(-c4ccc(F)cc4F)cc3)c3ccc(-c4ccc(F)cc4F)cc3)cc2)c(F)c1. The van der Waals surface area contributed by atoms with E-state index in [2.05, 4.69) is 0 Å². The first-order valence-corrected chi connectivity index (χ1v) is 13.2. The monoisotopic (exact) mass is 581 g/mol. The zero-order chi connectivity index (χ0) is 30.1. The van der Waals surface area contributed by atoms with Gasteiger partial charge in [-0.3, -0.25) is 0 Å². The van der Waals surface area contributed by atoms with Gasteiger partial charge in [-0.25, -0.2) is 26.3 Å². The molecule has 0 heterocycles. The molecule has 6 rings (SSSR count). The zero-order valence-corrected chi connectivity index (χ0v) is 22.3. The summed E-state index contributed by atoms with van der Waals surface area (Å²) >= 11 is 0. The van der Waals surface area contributed by atoms with Crippen LogP contribution in [-0.2, 0) is 0 Å². The lowest BCUT2D eigenvalue weighted by molar-refractivity contribution is 0.585. The van der Waals surface area contributed by atoms with Gasteiger partial charge in [-0.1, -0.05) is 36.4 Å². The van der Waals surface area contributed by atoms with Crippen molar-refractivity contribution in [3.8, 4) is 33.4 Å². The van der Waals surface area contributed by atoms with Gasteiger partial charge in [0.1, 0.15) is 34.9 Å². The Labute approximate surface area is 243 Å². The lowest BCUT2D eigenvalue weighted by Gasteiger charge is -2.26. The summed E-state index contributed by atoms with van der Waals surface area (Å²) in [5.41, 5.74) is 4.44. The highest BCUT2D eigenvalue weighted by atomic mass is 19.2. The predicted molar refractivity (Wildman–Crippen MR) is 157 cm³/mol. The average Bonchev–Trinajstić information content (AvgIpc) is 2.99. The molecule has 212 valence electrons. The fourth-order valence-corrected chi connectivity index (χ4v) is 4.99. The first kappa shape index (κ1) is 27.8. The van der Waals surface area contributed by atoms with Crippen LogP contribution in [0.4, 0.5) is 43.4 Å². The second kappa shape index (κ2) is 11.5. The molecule has 7 heteroatoms. The summed E-state index contributed by atoms with van der Waals surface area (Å²) in [7, 11) is 0. The van der Waals surface area contributed by atoms with Gasteiger partial charge in [0.05, 0.1) is 0 Å². The summed E-state index contributed by atoms with van der Waals surface area (Å²) in [5.74, 6) is -4.06. The molecule has 0 atom stereocenters. The van der Waals surface area contributed by atoms with E-state index in [1.807, 2.05) is 4.90 Å². The molecule has 6 aromatic rings. The maximum Gasteiger partial charge on any atom is 0.133 e. The van der Waals surface area contributed by atoms with Crippen LogP contribution >= 0.6 is 0 Å². The molecule has 0 aliphatic carbocycles. The Morgan fingerprint density at radius 1 is 0.302 bits per heavy atom. The van der Waals surface area contributed by atoms with Crippen LogP contribution in [0, 0.1) is 34.9 Å². The molecule has 0 N–H and O–H groups in total. The van der Waals surface area contributed by atoms with Crippen molar-refractivity contribution in [1.29, 1.82) is 0 Å². The highest BCUT2D eigenvalue weighted by Gasteiger charge is 2.16. The van der Waals surface area contributed by atoms with E-state index in [-0.39, 0.29) is 16.7 Å². The van der Waals surface area contributed by atoms with Crippen LogP contribution in [-0.4, -0.2) is 0 Å². The molecule has 0 spiro atoms. The van der Waals surface area contributed by atoms with Gasteiger partial charge in [0.25, 0.3) is 0 Å². The van der Waals surface area contributed by atoms with E-state index in [0.29, 0.717) is 33.8 Å². The highest BCUT2D eigenvalue weighted by Crippen LogP contribution is 2.38. The fraction of sp³-hybridized carbons (Fsp3) is 0. The average molecular weight is 582 g/mol. The second-order valence-electron chi connectivity index (χ2n) is 9.85. The van der Waals surface area contributed by atoms with Crippen LogP contribution in [0.2, 0.25) is 0 Å². The number of hydrogen-bond donors (Lipinski definition) is 0. The van der Waals surface area contributed by atoms with Gasteiger partial charge >= 0.3 is 0 Å². The van der Waals surface area contributed by atoms with Crippen molar-refractivity contribution < 1.29 is 26.3 Å². The van der Waals surface area contributed by atoms with Gasteiger partial charge in [0.15, 0.2) is 0 Å². The Morgan fingerprint density at radius 2 is 0.558 bits per heavy atom.